The number of aromatic nitrogens is 1. The summed E-state index contributed by atoms with van der Waals surface area (Å²) in [6, 6.07) is 7.24. The molecule has 2 bridgehead atoms. The van der Waals surface area contributed by atoms with Crippen LogP contribution in [-0.4, -0.2) is 48.1 Å². The summed E-state index contributed by atoms with van der Waals surface area (Å²) < 4.78 is 4.53. The standard InChI is InChI=1S/C21H24N2O4/c1-4-12-11-23(2,26)17-9-15-13-7-5-6-8-16(13)22-20(15)18(24)10-14(12)19(17)21(25)27-3/h4-8,14,17,19,22H,9-11H2,1-3H3/b12-4-/t14-,17+,19-,23-/m1/s1. The third-order valence-corrected chi connectivity index (χ3v) is 6.28. The zero-order chi connectivity index (χ0) is 19.3. The van der Waals surface area contributed by atoms with Crippen LogP contribution >= 0.6 is 0 Å². The molecule has 0 amide bonds. The third kappa shape index (κ3) is 2.71. The van der Waals surface area contributed by atoms with Gasteiger partial charge < -0.3 is 19.6 Å². The zero-order valence-corrected chi connectivity index (χ0v) is 15.8. The molecule has 1 saturated heterocycles. The molecular formula is C21H24N2O4. The van der Waals surface area contributed by atoms with Gasteiger partial charge >= 0.3 is 5.97 Å². The molecule has 6 heteroatoms. The number of carbonyl (C=O) groups is 2. The molecule has 4 atom stereocenters. The van der Waals surface area contributed by atoms with E-state index in [0.29, 0.717) is 18.7 Å². The van der Waals surface area contributed by atoms with Crippen LogP contribution < -0.4 is 0 Å². The van der Waals surface area contributed by atoms with Crippen LogP contribution in [0.4, 0.5) is 0 Å². The fraction of sp³-hybridized carbons (Fsp3) is 0.429. The van der Waals surface area contributed by atoms with E-state index in [1.54, 1.807) is 7.05 Å². The molecule has 4 rings (SSSR count). The van der Waals surface area contributed by atoms with Gasteiger partial charge in [-0.05, 0) is 24.1 Å². The number of Topliss-reactive ketones (excluding diaryl/α,β-unsaturated/α-hetero) is 1. The lowest BCUT2D eigenvalue weighted by Crippen LogP contribution is -2.62. The summed E-state index contributed by atoms with van der Waals surface area (Å²) in [5.41, 5.74) is 3.17. The average molecular weight is 368 g/mol. The summed E-state index contributed by atoms with van der Waals surface area (Å²) in [7, 11) is 2.97. The highest BCUT2D eigenvalue weighted by Gasteiger charge is 2.51. The summed E-state index contributed by atoms with van der Waals surface area (Å²) in [5, 5.41) is 14.4. The number of nitrogens with zero attached hydrogens (tertiary/aromatic N) is 1. The van der Waals surface area contributed by atoms with Crippen molar-refractivity contribution in [2.45, 2.75) is 25.8 Å². The monoisotopic (exact) mass is 368 g/mol. The molecule has 2 aromatic rings. The largest absolute Gasteiger partial charge is 0.633 e. The van der Waals surface area contributed by atoms with Gasteiger partial charge in [0.1, 0.15) is 18.5 Å². The van der Waals surface area contributed by atoms with E-state index in [9.17, 15) is 14.8 Å². The van der Waals surface area contributed by atoms with E-state index >= 15 is 0 Å². The smallest absolute Gasteiger partial charge is 0.315 e. The predicted molar refractivity (Wildman–Crippen MR) is 102 cm³/mol. The topological polar surface area (TPSA) is 82.2 Å². The Morgan fingerprint density at radius 3 is 2.78 bits per heavy atom. The maximum absolute atomic E-state index is 13.5. The number of nitrogens with one attached hydrogen (secondary N) is 1. The molecule has 2 heterocycles. The lowest BCUT2D eigenvalue weighted by Gasteiger charge is -2.54. The number of fused-ring (bicyclic) bond motifs is 5. The van der Waals surface area contributed by atoms with Crippen LogP contribution in [0.1, 0.15) is 29.4 Å². The van der Waals surface area contributed by atoms with Crippen molar-refractivity contribution in [2.75, 3.05) is 20.7 Å². The van der Waals surface area contributed by atoms with Gasteiger partial charge in [0.15, 0.2) is 5.78 Å². The maximum atomic E-state index is 13.5. The zero-order valence-electron chi connectivity index (χ0n) is 15.8. The number of benzene rings is 1. The number of methoxy groups -OCH3 is 1. The number of para-hydroxylation sites is 1. The number of ether oxygens (including phenoxy) is 1. The second-order valence-corrected chi connectivity index (χ2v) is 7.77. The number of likely N-dealkylation sites (tertiary alicyclic amines) is 1. The molecule has 0 spiro atoms. The van der Waals surface area contributed by atoms with Gasteiger partial charge in [0.2, 0.25) is 0 Å². The molecule has 1 aromatic carbocycles. The number of hydrogen-bond donors (Lipinski definition) is 1. The minimum atomic E-state index is -0.622. The number of H-pyrrole nitrogens is 1. The van der Waals surface area contributed by atoms with Crippen molar-refractivity contribution in [3.8, 4) is 0 Å². The molecule has 0 saturated carbocycles. The molecule has 0 unspecified atom stereocenters. The van der Waals surface area contributed by atoms with Gasteiger partial charge in [0, 0.05) is 29.7 Å². The molecule has 1 aromatic heterocycles. The number of carbonyl (C=O) groups excluding carboxylic acids is 2. The molecule has 6 nitrogen and oxygen atoms in total. The van der Waals surface area contributed by atoms with Gasteiger partial charge in [-0.3, -0.25) is 9.59 Å². The molecule has 1 N–H and O–H groups in total. The number of hydrogen-bond acceptors (Lipinski definition) is 4. The average Bonchev–Trinajstić information content (AvgIpc) is 3.01. The van der Waals surface area contributed by atoms with E-state index in [2.05, 4.69) is 4.98 Å². The lowest BCUT2D eigenvalue weighted by molar-refractivity contribution is -0.890. The van der Waals surface area contributed by atoms with Crippen molar-refractivity contribution >= 4 is 22.7 Å². The quantitative estimate of drug-likeness (QED) is 0.363. The van der Waals surface area contributed by atoms with Gasteiger partial charge in [0.05, 0.1) is 19.9 Å². The van der Waals surface area contributed by atoms with Crippen molar-refractivity contribution in [3.63, 3.8) is 0 Å². The second kappa shape index (κ2) is 6.32. The van der Waals surface area contributed by atoms with Crippen molar-refractivity contribution < 1.29 is 19.0 Å². The first-order valence-corrected chi connectivity index (χ1v) is 9.29. The second-order valence-electron chi connectivity index (χ2n) is 7.77. The van der Waals surface area contributed by atoms with Crippen LogP contribution in [0.15, 0.2) is 35.9 Å². The van der Waals surface area contributed by atoms with E-state index in [1.807, 2.05) is 37.3 Å². The highest BCUT2D eigenvalue weighted by atomic mass is 16.5. The van der Waals surface area contributed by atoms with Crippen LogP contribution in [0.5, 0.6) is 0 Å². The number of hydroxylamine groups is 3. The van der Waals surface area contributed by atoms with E-state index in [1.165, 1.54) is 7.11 Å². The molecule has 0 radical (unpaired) electrons. The Balaban J connectivity index is 1.94. The molecule has 1 aliphatic carbocycles. The predicted octanol–water partition coefficient (Wildman–Crippen LogP) is 2.98. The number of quaternary nitrogens is 1. The van der Waals surface area contributed by atoms with Crippen LogP contribution in [0.3, 0.4) is 0 Å². The first-order chi connectivity index (χ1) is 12.9. The number of ketones is 1. The highest BCUT2D eigenvalue weighted by molar-refractivity contribution is 6.03. The molecule has 27 heavy (non-hydrogen) atoms. The number of aromatic amines is 1. The Morgan fingerprint density at radius 2 is 2.07 bits per heavy atom. The van der Waals surface area contributed by atoms with Crippen molar-refractivity contribution in [1.29, 1.82) is 0 Å². The summed E-state index contributed by atoms with van der Waals surface area (Å²) in [6.45, 7) is 2.16. The van der Waals surface area contributed by atoms with Gasteiger partial charge in [-0.2, -0.15) is 0 Å². The Kier molecular flexibility index (Phi) is 4.20. The van der Waals surface area contributed by atoms with Gasteiger partial charge in [-0.15, -0.1) is 0 Å². The fourth-order valence-corrected chi connectivity index (χ4v) is 4.94. The maximum Gasteiger partial charge on any atom is 0.315 e. The van der Waals surface area contributed by atoms with Crippen LogP contribution in [-0.2, 0) is 16.0 Å². The van der Waals surface area contributed by atoms with Crippen LogP contribution in [0.2, 0.25) is 0 Å². The number of esters is 1. The number of allylic oxidation sites excluding steroid dienone is 1. The lowest BCUT2D eigenvalue weighted by atomic mass is 9.70. The van der Waals surface area contributed by atoms with E-state index in [4.69, 9.17) is 4.74 Å². The number of likely N-dealkylation sites (N-methyl/N-ethyl adjacent to an activating group) is 1. The normalized spacial score (nSPS) is 32.1. The fourth-order valence-electron chi connectivity index (χ4n) is 4.94. The van der Waals surface area contributed by atoms with Gasteiger partial charge in [-0.25, -0.2) is 0 Å². The molecule has 142 valence electrons. The van der Waals surface area contributed by atoms with Crippen molar-refractivity contribution in [3.05, 3.63) is 52.4 Å². The Hall–Kier alpha value is -2.44. The van der Waals surface area contributed by atoms with Gasteiger partial charge in [0.25, 0.3) is 0 Å². The number of piperidine rings is 1. The van der Waals surface area contributed by atoms with E-state index in [-0.39, 0.29) is 18.1 Å². The minimum Gasteiger partial charge on any atom is -0.633 e. The first-order valence-electron chi connectivity index (χ1n) is 9.29. The molecule has 1 fully saturated rings. The minimum absolute atomic E-state index is 0.0140. The summed E-state index contributed by atoms with van der Waals surface area (Å²) in [5.74, 6) is -1.33. The first kappa shape index (κ1) is 17.9. The van der Waals surface area contributed by atoms with Crippen molar-refractivity contribution in [1.82, 2.24) is 4.98 Å². The number of rotatable bonds is 1. The summed E-state index contributed by atoms with van der Waals surface area (Å²) in [6.07, 6.45) is 2.46. The van der Waals surface area contributed by atoms with Crippen LogP contribution in [0, 0.1) is 17.0 Å². The Bertz CT molecular complexity index is 956. The Labute approximate surface area is 158 Å². The SMILES string of the molecule is C/C=C1/C[N@@+](C)([O-])[C@H]2Cc3c([nH]c4ccccc34)C(=O)C[C@H]1[C@H]2C(=O)OC. The summed E-state index contributed by atoms with van der Waals surface area (Å²) in [4.78, 5) is 29.1. The van der Waals surface area contributed by atoms with Gasteiger partial charge in [-0.1, -0.05) is 24.3 Å². The van der Waals surface area contributed by atoms with Crippen LogP contribution in [0.25, 0.3) is 10.9 Å². The Morgan fingerprint density at radius 1 is 1.33 bits per heavy atom. The molecular weight excluding hydrogens is 344 g/mol. The molecule has 2 aliphatic rings. The van der Waals surface area contributed by atoms with E-state index < -0.39 is 22.6 Å². The summed E-state index contributed by atoms with van der Waals surface area (Å²) >= 11 is 0. The highest BCUT2D eigenvalue weighted by Crippen LogP contribution is 2.44. The van der Waals surface area contributed by atoms with Crippen molar-refractivity contribution in [2.24, 2.45) is 11.8 Å². The molecule has 1 aliphatic heterocycles. The third-order valence-electron chi connectivity index (χ3n) is 6.28. The van der Waals surface area contributed by atoms with E-state index in [0.717, 1.165) is 22.0 Å².